The van der Waals surface area contributed by atoms with Crippen LogP contribution in [0.4, 0.5) is 0 Å². The van der Waals surface area contributed by atoms with E-state index in [1.165, 1.54) is 19.1 Å². The molecule has 0 aromatic heterocycles. The number of hydrogen-bond acceptors (Lipinski definition) is 5. The van der Waals surface area contributed by atoms with Crippen molar-refractivity contribution >= 4 is 35.1 Å². The molecule has 0 radical (unpaired) electrons. The van der Waals surface area contributed by atoms with Crippen LogP contribution in [0, 0.1) is 11.3 Å². The van der Waals surface area contributed by atoms with Crippen molar-refractivity contribution in [2.75, 3.05) is 6.61 Å². The molecule has 140 valence electrons. The van der Waals surface area contributed by atoms with E-state index in [4.69, 9.17) is 32.7 Å². The lowest BCUT2D eigenvalue weighted by molar-refractivity contribution is -0.157. The van der Waals surface area contributed by atoms with E-state index in [0.717, 1.165) is 19.3 Å². The zero-order valence-electron chi connectivity index (χ0n) is 14.4. The number of ether oxygens (including phenoxy) is 2. The smallest absolute Gasteiger partial charge is 0.344 e. The van der Waals surface area contributed by atoms with Crippen molar-refractivity contribution in [1.82, 2.24) is 5.32 Å². The molecular formula is C18H20Cl2N2O4. The molecule has 0 saturated heterocycles. The molecule has 0 spiro atoms. The minimum Gasteiger partial charge on any atom is -0.480 e. The highest BCUT2D eigenvalue weighted by molar-refractivity contribution is 6.35. The second-order valence-electron chi connectivity index (χ2n) is 6.24. The lowest BCUT2D eigenvalue weighted by Crippen LogP contribution is -2.52. The number of rotatable bonds is 6. The van der Waals surface area contributed by atoms with Crippen LogP contribution in [0.1, 0.15) is 39.0 Å². The summed E-state index contributed by atoms with van der Waals surface area (Å²) in [6.45, 7) is 1.05. The van der Waals surface area contributed by atoms with Gasteiger partial charge in [0.15, 0.2) is 12.7 Å². The predicted molar refractivity (Wildman–Crippen MR) is 97.1 cm³/mol. The normalized spacial score (nSPS) is 16.8. The Morgan fingerprint density at radius 2 is 2.00 bits per heavy atom. The summed E-state index contributed by atoms with van der Waals surface area (Å²) in [7, 11) is 0. The van der Waals surface area contributed by atoms with Gasteiger partial charge in [0.05, 0.1) is 11.1 Å². The van der Waals surface area contributed by atoms with Gasteiger partial charge in [0.2, 0.25) is 0 Å². The monoisotopic (exact) mass is 398 g/mol. The Bertz CT molecular complexity index is 712. The van der Waals surface area contributed by atoms with E-state index >= 15 is 0 Å². The summed E-state index contributed by atoms with van der Waals surface area (Å²) < 4.78 is 10.3. The van der Waals surface area contributed by atoms with Gasteiger partial charge < -0.3 is 14.8 Å². The van der Waals surface area contributed by atoms with Crippen LogP contribution in [0.5, 0.6) is 5.75 Å². The molecule has 1 fully saturated rings. The van der Waals surface area contributed by atoms with E-state index in [9.17, 15) is 14.9 Å². The van der Waals surface area contributed by atoms with Crippen LogP contribution in [0.2, 0.25) is 10.0 Å². The van der Waals surface area contributed by atoms with Crippen LogP contribution in [0.15, 0.2) is 18.2 Å². The maximum Gasteiger partial charge on any atom is 0.344 e. The Morgan fingerprint density at radius 3 is 2.62 bits per heavy atom. The molecule has 0 aliphatic heterocycles. The van der Waals surface area contributed by atoms with Crippen LogP contribution in [-0.2, 0) is 14.3 Å². The summed E-state index contributed by atoms with van der Waals surface area (Å²) in [5, 5.41) is 12.8. The van der Waals surface area contributed by atoms with Crippen LogP contribution in [0.25, 0.3) is 0 Å². The van der Waals surface area contributed by atoms with E-state index < -0.39 is 30.1 Å². The Labute approximate surface area is 162 Å². The number of halogens is 2. The minimum atomic E-state index is -1.03. The SMILES string of the molecule is C[C@@H](OC(=O)COc1ccc(Cl)cc1Cl)C(=O)NC1(C#N)CCCCC1. The standard InChI is InChI=1S/C18H20Cl2N2O4/c1-12(17(24)22-18(11-21)7-3-2-4-8-18)26-16(23)10-25-15-6-5-13(19)9-14(15)20/h5-6,9,12H,2-4,7-8,10H2,1H3,(H,22,24)/t12-/m1/s1. The lowest BCUT2D eigenvalue weighted by atomic mass is 9.83. The molecule has 1 atom stereocenters. The average molecular weight is 399 g/mol. The predicted octanol–water partition coefficient (Wildman–Crippen LogP) is 3.65. The highest BCUT2D eigenvalue weighted by Crippen LogP contribution is 2.28. The highest BCUT2D eigenvalue weighted by Gasteiger charge is 2.35. The molecule has 1 aromatic carbocycles. The Kier molecular flexibility index (Phi) is 7.13. The quantitative estimate of drug-likeness (QED) is 0.738. The number of esters is 1. The zero-order valence-corrected chi connectivity index (χ0v) is 15.9. The molecule has 2 rings (SSSR count). The molecule has 1 aliphatic rings. The maximum atomic E-state index is 12.3. The van der Waals surface area contributed by atoms with Gasteiger partial charge in [0.1, 0.15) is 11.3 Å². The van der Waals surface area contributed by atoms with Gasteiger partial charge in [-0.3, -0.25) is 4.79 Å². The largest absolute Gasteiger partial charge is 0.480 e. The molecule has 0 heterocycles. The Morgan fingerprint density at radius 1 is 1.31 bits per heavy atom. The number of amides is 1. The molecule has 1 saturated carbocycles. The summed E-state index contributed by atoms with van der Waals surface area (Å²) in [4.78, 5) is 24.2. The van der Waals surface area contributed by atoms with E-state index in [2.05, 4.69) is 11.4 Å². The third-order valence-corrected chi connectivity index (χ3v) is 4.73. The summed E-state index contributed by atoms with van der Waals surface area (Å²) in [5.74, 6) is -0.921. The third-order valence-electron chi connectivity index (χ3n) is 4.20. The molecule has 0 bridgehead atoms. The summed E-state index contributed by atoms with van der Waals surface area (Å²) in [5.41, 5.74) is -0.872. The number of nitriles is 1. The molecule has 0 unspecified atom stereocenters. The van der Waals surface area contributed by atoms with Crippen molar-refractivity contribution in [3.05, 3.63) is 28.2 Å². The van der Waals surface area contributed by atoms with Crippen molar-refractivity contribution in [3.63, 3.8) is 0 Å². The van der Waals surface area contributed by atoms with Gasteiger partial charge in [-0.05, 0) is 38.0 Å². The molecule has 6 nitrogen and oxygen atoms in total. The van der Waals surface area contributed by atoms with Gasteiger partial charge >= 0.3 is 5.97 Å². The van der Waals surface area contributed by atoms with E-state index in [0.29, 0.717) is 17.9 Å². The third kappa shape index (κ3) is 5.52. The first-order valence-corrected chi connectivity index (χ1v) is 9.11. The number of benzene rings is 1. The molecule has 1 amide bonds. The van der Waals surface area contributed by atoms with Crippen molar-refractivity contribution in [2.45, 2.75) is 50.7 Å². The number of carbonyl (C=O) groups excluding carboxylic acids is 2. The van der Waals surface area contributed by atoms with Crippen LogP contribution < -0.4 is 10.1 Å². The average Bonchev–Trinajstić information content (AvgIpc) is 2.61. The molecule has 1 N–H and O–H groups in total. The maximum absolute atomic E-state index is 12.3. The first-order chi connectivity index (χ1) is 12.3. The van der Waals surface area contributed by atoms with Gasteiger partial charge in [-0.1, -0.05) is 42.5 Å². The fourth-order valence-corrected chi connectivity index (χ4v) is 3.23. The van der Waals surface area contributed by atoms with E-state index in [-0.39, 0.29) is 10.8 Å². The summed E-state index contributed by atoms with van der Waals surface area (Å²) in [6.07, 6.45) is 3.00. The van der Waals surface area contributed by atoms with Crippen LogP contribution in [-0.4, -0.2) is 30.1 Å². The van der Waals surface area contributed by atoms with Crippen molar-refractivity contribution < 1.29 is 19.1 Å². The second kappa shape index (κ2) is 9.11. The fourth-order valence-electron chi connectivity index (χ4n) is 2.77. The number of hydrogen-bond donors (Lipinski definition) is 1. The topological polar surface area (TPSA) is 88.4 Å². The molecule has 26 heavy (non-hydrogen) atoms. The summed E-state index contributed by atoms with van der Waals surface area (Å²) >= 11 is 11.7. The summed E-state index contributed by atoms with van der Waals surface area (Å²) in [6, 6.07) is 6.80. The van der Waals surface area contributed by atoms with Gasteiger partial charge in [0, 0.05) is 5.02 Å². The van der Waals surface area contributed by atoms with Crippen molar-refractivity contribution in [2.24, 2.45) is 0 Å². The van der Waals surface area contributed by atoms with E-state index in [1.807, 2.05) is 0 Å². The van der Waals surface area contributed by atoms with Gasteiger partial charge in [0.25, 0.3) is 5.91 Å². The van der Waals surface area contributed by atoms with Crippen molar-refractivity contribution in [3.8, 4) is 11.8 Å². The van der Waals surface area contributed by atoms with Crippen molar-refractivity contribution in [1.29, 1.82) is 5.26 Å². The van der Waals surface area contributed by atoms with Crippen LogP contribution in [0.3, 0.4) is 0 Å². The fraction of sp³-hybridized carbons (Fsp3) is 0.500. The van der Waals surface area contributed by atoms with Crippen LogP contribution >= 0.6 is 23.2 Å². The van der Waals surface area contributed by atoms with Gasteiger partial charge in [-0.2, -0.15) is 5.26 Å². The minimum absolute atomic E-state index is 0.268. The molecule has 1 aromatic rings. The number of nitrogens with one attached hydrogen (secondary N) is 1. The highest BCUT2D eigenvalue weighted by atomic mass is 35.5. The Hall–Kier alpha value is -1.97. The first kappa shape index (κ1) is 20.3. The number of nitrogens with zero attached hydrogens (tertiary/aromatic N) is 1. The lowest BCUT2D eigenvalue weighted by Gasteiger charge is -2.32. The van der Waals surface area contributed by atoms with E-state index in [1.54, 1.807) is 6.07 Å². The molecular weight excluding hydrogens is 379 g/mol. The van der Waals surface area contributed by atoms with Gasteiger partial charge in [-0.15, -0.1) is 0 Å². The Balaban J connectivity index is 1.84. The second-order valence-corrected chi connectivity index (χ2v) is 7.08. The molecule has 1 aliphatic carbocycles. The number of carbonyl (C=O) groups is 2. The zero-order chi connectivity index (χ0) is 19.2. The molecule has 8 heteroatoms. The van der Waals surface area contributed by atoms with Gasteiger partial charge in [-0.25, -0.2) is 4.79 Å². The first-order valence-electron chi connectivity index (χ1n) is 8.36.